The Morgan fingerprint density at radius 2 is 1.63 bits per heavy atom. The summed E-state index contributed by atoms with van der Waals surface area (Å²) >= 11 is 0. The summed E-state index contributed by atoms with van der Waals surface area (Å²) in [6.45, 7) is 7.58. The molecule has 1 heterocycles. The van der Waals surface area contributed by atoms with E-state index >= 15 is 0 Å². The van der Waals surface area contributed by atoms with Gasteiger partial charge in [0.15, 0.2) is 6.23 Å². The van der Waals surface area contributed by atoms with Crippen molar-refractivity contribution in [3.63, 3.8) is 0 Å². The Bertz CT molecular complexity index is 767. The number of hydrogen-bond donors (Lipinski definition) is 0. The highest BCUT2D eigenvalue weighted by atomic mass is 16.6. The zero-order valence-corrected chi connectivity index (χ0v) is 16.5. The Balaban J connectivity index is 1.99. The number of amides is 1. The highest BCUT2D eigenvalue weighted by Gasteiger charge is 2.46. The lowest BCUT2D eigenvalue weighted by molar-refractivity contribution is -0.0214. The molecule has 2 aromatic carbocycles. The first-order valence-electron chi connectivity index (χ1n) is 9.16. The van der Waals surface area contributed by atoms with Gasteiger partial charge >= 0.3 is 6.09 Å². The standard InChI is InChI=1S/C22H27NO4/c1-15-19(16-9-7-6-8-10-16)23(21(24)27-22(2,3)4)20(26-15)17-11-13-18(25-5)14-12-17/h6-15,19-20H,1-5H3/t15-,19?,20?/m0/s1. The Labute approximate surface area is 160 Å². The molecular formula is C22H27NO4. The zero-order valence-electron chi connectivity index (χ0n) is 16.5. The fourth-order valence-electron chi connectivity index (χ4n) is 3.33. The fraction of sp³-hybridized carbons (Fsp3) is 0.409. The molecule has 0 radical (unpaired) electrons. The van der Waals surface area contributed by atoms with E-state index in [0.717, 1.165) is 16.9 Å². The maximum atomic E-state index is 13.1. The minimum Gasteiger partial charge on any atom is -0.497 e. The largest absolute Gasteiger partial charge is 0.497 e. The van der Waals surface area contributed by atoms with E-state index in [4.69, 9.17) is 14.2 Å². The predicted molar refractivity (Wildman–Crippen MR) is 104 cm³/mol. The first-order valence-corrected chi connectivity index (χ1v) is 9.16. The van der Waals surface area contributed by atoms with Gasteiger partial charge in [0.1, 0.15) is 11.4 Å². The van der Waals surface area contributed by atoms with Crippen molar-refractivity contribution in [2.75, 3.05) is 7.11 Å². The van der Waals surface area contributed by atoms with E-state index in [1.807, 2.05) is 82.3 Å². The van der Waals surface area contributed by atoms with Crippen molar-refractivity contribution in [3.8, 4) is 5.75 Å². The molecule has 5 heteroatoms. The molecule has 1 aliphatic rings. The van der Waals surface area contributed by atoms with Gasteiger partial charge in [-0.3, -0.25) is 4.90 Å². The maximum absolute atomic E-state index is 13.1. The number of nitrogens with zero attached hydrogens (tertiary/aromatic N) is 1. The van der Waals surface area contributed by atoms with Gasteiger partial charge in [0, 0.05) is 5.56 Å². The van der Waals surface area contributed by atoms with Gasteiger partial charge < -0.3 is 14.2 Å². The van der Waals surface area contributed by atoms with Crippen LogP contribution in [-0.2, 0) is 9.47 Å². The monoisotopic (exact) mass is 369 g/mol. The predicted octanol–water partition coefficient (Wildman–Crippen LogP) is 5.09. The summed E-state index contributed by atoms with van der Waals surface area (Å²) in [5.74, 6) is 0.758. The Morgan fingerprint density at radius 1 is 1.00 bits per heavy atom. The quantitative estimate of drug-likeness (QED) is 0.756. The van der Waals surface area contributed by atoms with E-state index < -0.39 is 11.8 Å². The summed E-state index contributed by atoms with van der Waals surface area (Å²) in [7, 11) is 1.63. The summed E-state index contributed by atoms with van der Waals surface area (Å²) in [6.07, 6.45) is -1.08. The average Bonchev–Trinajstić information content (AvgIpc) is 2.98. The van der Waals surface area contributed by atoms with Crippen molar-refractivity contribution in [1.82, 2.24) is 4.90 Å². The molecule has 0 saturated carbocycles. The van der Waals surface area contributed by atoms with Crippen LogP contribution in [0.3, 0.4) is 0 Å². The molecular weight excluding hydrogens is 342 g/mol. The normalized spacial score (nSPS) is 22.6. The number of ether oxygens (including phenoxy) is 3. The first kappa shape index (κ1) is 19.2. The number of rotatable bonds is 3. The van der Waals surface area contributed by atoms with Crippen LogP contribution in [-0.4, -0.2) is 29.8 Å². The molecule has 5 nitrogen and oxygen atoms in total. The van der Waals surface area contributed by atoms with Crippen LogP contribution in [0.15, 0.2) is 54.6 Å². The summed E-state index contributed by atoms with van der Waals surface area (Å²) < 4.78 is 17.2. The smallest absolute Gasteiger partial charge is 0.413 e. The number of benzene rings is 2. The van der Waals surface area contributed by atoms with Crippen LogP contribution < -0.4 is 4.74 Å². The van der Waals surface area contributed by atoms with Crippen molar-refractivity contribution >= 4 is 6.09 Å². The van der Waals surface area contributed by atoms with Gasteiger partial charge in [-0.2, -0.15) is 0 Å². The lowest BCUT2D eigenvalue weighted by atomic mass is 10.0. The van der Waals surface area contributed by atoms with Crippen LogP contribution in [0.1, 0.15) is 51.1 Å². The topological polar surface area (TPSA) is 48.0 Å². The van der Waals surface area contributed by atoms with Crippen LogP contribution in [0, 0.1) is 0 Å². The molecule has 1 aliphatic heterocycles. The molecule has 1 amide bonds. The van der Waals surface area contributed by atoms with Gasteiger partial charge in [-0.15, -0.1) is 0 Å². The molecule has 1 saturated heterocycles. The highest BCUT2D eigenvalue weighted by molar-refractivity contribution is 5.70. The third-order valence-electron chi connectivity index (χ3n) is 4.49. The second-order valence-electron chi connectivity index (χ2n) is 7.71. The highest BCUT2D eigenvalue weighted by Crippen LogP contribution is 2.43. The lowest BCUT2D eigenvalue weighted by Crippen LogP contribution is -2.39. The van der Waals surface area contributed by atoms with Gasteiger partial charge in [0.2, 0.25) is 0 Å². The van der Waals surface area contributed by atoms with Crippen LogP contribution in [0.2, 0.25) is 0 Å². The van der Waals surface area contributed by atoms with Crippen molar-refractivity contribution < 1.29 is 19.0 Å². The minimum atomic E-state index is -0.589. The summed E-state index contributed by atoms with van der Waals surface area (Å²) in [6, 6.07) is 17.3. The molecule has 3 atom stereocenters. The summed E-state index contributed by atoms with van der Waals surface area (Å²) in [4.78, 5) is 14.8. The first-order chi connectivity index (χ1) is 12.8. The average molecular weight is 369 g/mol. The molecule has 3 rings (SSSR count). The summed E-state index contributed by atoms with van der Waals surface area (Å²) in [5, 5.41) is 0. The Kier molecular flexibility index (Phi) is 5.42. The number of carbonyl (C=O) groups is 1. The van der Waals surface area contributed by atoms with Crippen LogP contribution >= 0.6 is 0 Å². The van der Waals surface area contributed by atoms with Crippen molar-refractivity contribution in [2.45, 2.75) is 51.7 Å². The molecule has 0 spiro atoms. The molecule has 2 unspecified atom stereocenters. The van der Waals surface area contributed by atoms with Crippen molar-refractivity contribution in [2.24, 2.45) is 0 Å². The fourth-order valence-corrected chi connectivity index (χ4v) is 3.33. The van der Waals surface area contributed by atoms with E-state index in [0.29, 0.717) is 0 Å². The van der Waals surface area contributed by atoms with E-state index in [9.17, 15) is 4.79 Å². The SMILES string of the molecule is COc1ccc(C2O[C@@H](C)C(c3ccccc3)N2C(=O)OC(C)(C)C)cc1. The number of methoxy groups -OCH3 is 1. The van der Waals surface area contributed by atoms with Gasteiger partial charge in [0.05, 0.1) is 19.3 Å². The van der Waals surface area contributed by atoms with E-state index in [2.05, 4.69) is 0 Å². The Morgan fingerprint density at radius 3 is 2.19 bits per heavy atom. The van der Waals surface area contributed by atoms with E-state index in [1.165, 1.54) is 0 Å². The second kappa shape index (κ2) is 7.61. The van der Waals surface area contributed by atoms with Gasteiger partial charge in [-0.05, 0) is 45.4 Å². The molecule has 0 aliphatic carbocycles. The third kappa shape index (κ3) is 4.25. The molecule has 27 heavy (non-hydrogen) atoms. The number of carbonyl (C=O) groups excluding carboxylic acids is 1. The van der Waals surface area contributed by atoms with Gasteiger partial charge in [-0.1, -0.05) is 42.5 Å². The Hall–Kier alpha value is -2.53. The van der Waals surface area contributed by atoms with E-state index in [1.54, 1.807) is 12.0 Å². The lowest BCUT2D eigenvalue weighted by Gasteiger charge is -2.31. The third-order valence-corrected chi connectivity index (χ3v) is 4.49. The maximum Gasteiger partial charge on any atom is 0.413 e. The molecule has 0 aromatic heterocycles. The van der Waals surface area contributed by atoms with Crippen molar-refractivity contribution in [3.05, 3.63) is 65.7 Å². The molecule has 2 aromatic rings. The van der Waals surface area contributed by atoms with Crippen molar-refractivity contribution in [1.29, 1.82) is 0 Å². The summed E-state index contributed by atoms with van der Waals surface area (Å²) in [5.41, 5.74) is 1.31. The minimum absolute atomic E-state index is 0.174. The van der Waals surface area contributed by atoms with Gasteiger partial charge in [0.25, 0.3) is 0 Å². The zero-order chi connectivity index (χ0) is 19.6. The number of hydrogen-bond acceptors (Lipinski definition) is 4. The van der Waals surface area contributed by atoms with Crippen LogP contribution in [0.25, 0.3) is 0 Å². The van der Waals surface area contributed by atoms with Gasteiger partial charge in [-0.25, -0.2) is 4.79 Å². The molecule has 144 valence electrons. The van der Waals surface area contributed by atoms with E-state index in [-0.39, 0.29) is 18.2 Å². The molecule has 0 N–H and O–H groups in total. The van der Waals surface area contributed by atoms with Crippen LogP contribution in [0.5, 0.6) is 5.75 Å². The van der Waals surface area contributed by atoms with Crippen LogP contribution in [0.4, 0.5) is 4.79 Å². The molecule has 0 bridgehead atoms. The second-order valence-corrected chi connectivity index (χ2v) is 7.71. The molecule has 1 fully saturated rings.